The van der Waals surface area contributed by atoms with Crippen LogP contribution >= 0.6 is 0 Å². The van der Waals surface area contributed by atoms with E-state index in [1.807, 2.05) is 0 Å². The van der Waals surface area contributed by atoms with Crippen molar-refractivity contribution in [3.8, 4) is 0 Å². The summed E-state index contributed by atoms with van der Waals surface area (Å²) in [4.78, 5) is 34.1. The third-order valence-corrected chi connectivity index (χ3v) is 4.72. The lowest BCUT2D eigenvalue weighted by Crippen LogP contribution is -2.35. The molecule has 7 heteroatoms. The van der Waals surface area contributed by atoms with Crippen molar-refractivity contribution in [1.29, 1.82) is 0 Å². The average Bonchev–Trinajstić information content (AvgIpc) is 2.69. The molecule has 0 saturated carbocycles. The van der Waals surface area contributed by atoms with Crippen LogP contribution in [0.2, 0.25) is 0 Å². The highest BCUT2D eigenvalue weighted by molar-refractivity contribution is 6.36. The number of Topliss-reactive ketones (excluding diaryl/α,β-unsaturated/α-hetero) is 1. The minimum atomic E-state index is -1.88. The van der Waals surface area contributed by atoms with Gasteiger partial charge in [0.1, 0.15) is 6.10 Å². The zero-order chi connectivity index (χ0) is 21.2. The van der Waals surface area contributed by atoms with Crippen molar-refractivity contribution >= 4 is 17.7 Å². The lowest BCUT2D eigenvalue weighted by atomic mass is 10.0. The van der Waals surface area contributed by atoms with Gasteiger partial charge in [-0.3, -0.25) is 4.79 Å². The van der Waals surface area contributed by atoms with Crippen LogP contribution in [0.5, 0.6) is 0 Å². The maximum Gasteiger partial charge on any atom is 0.385 e. The van der Waals surface area contributed by atoms with Crippen LogP contribution in [0.25, 0.3) is 0 Å². The number of unbranched alkanes of at least 4 members (excludes halogenated alkanes) is 12. The summed E-state index contributed by atoms with van der Waals surface area (Å²) in [6.45, 7) is 1.31. The van der Waals surface area contributed by atoms with Crippen molar-refractivity contribution in [3.63, 3.8) is 0 Å². The van der Waals surface area contributed by atoms with E-state index in [2.05, 4.69) is 11.7 Å². The Bertz CT molecular complexity index is 436. The quantitative estimate of drug-likeness (QED) is 0.139. The Balaban J connectivity index is 3.60. The Hall–Kier alpha value is -1.31. The largest absolute Gasteiger partial charge is 0.393 e. The van der Waals surface area contributed by atoms with E-state index >= 15 is 0 Å². The molecule has 2 atom stereocenters. The molecule has 0 amide bonds. The standard InChI is InChI=1S/C21H38O7/c1-2-3-4-5-6-7-8-9-10-11-12-13-14-15-17(23)19(25)21(27)28-20(26)18(24)16-22/h17-18,22-24H,2-16H2,1H3. The fourth-order valence-corrected chi connectivity index (χ4v) is 2.91. The molecule has 28 heavy (non-hydrogen) atoms. The third-order valence-electron chi connectivity index (χ3n) is 4.72. The minimum Gasteiger partial charge on any atom is -0.393 e. The molecule has 0 heterocycles. The molecule has 3 N–H and O–H groups in total. The molecule has 0 aromatic rings. The first-order valence-corrected chi connectivity index (χ1v) is 10.7. The van der Waals surface area contributed by atoms with E-state index in [9.17, 15) is 19.5 Å². The Labute approximate surface area is 168 Å². The van der Waals surface area contributed by atoms with Gasteiger partial charge in [-0.15, -0.1) is 0 Å². The molecule has 0 aromatic heterocycles. The summed E-state index contributed by atoms with van der Waals surface area (Å²) >= 11 is 0. The second kappa shape index (κ2) is 17.8. The number of carbonyl (C=O) groups is 3. The van der Waals surface area contributed by atoms with Crippen LogP contribution in [0.15, 0.2) is 0 Å². The van der Waals surface area contributed by atoms with E-state index in [1.165, 1.54) is 57.8 Å². The molecule has 0 spiro atoms. The maximum absolute atomic E-state index is 11.6. The Morgan fingerprint density at radius 2 is 1.14 bits per heavy atom. The minimum absolute atomic E-state index is 0.127. The molecule has 0 aliphatic carbocycles. The Kier molecular flexibility index (Phi) is 16.9. The van der Waals surface area contributed by atoms with Gasteiger partial charge in [-0.1, -0.05) is 90.4 Å². The number of ether oxygens (including phenoxy) is 1. The predicted molar refractivity (Wildman–Crippen MR) is 106 cm³/mol. The number of hydrogen-bond donors (Lipinski definition) is 3. The number of aliphatic hydroxyl groups excluding tert-OH is 3. The molecule has 0 aliphatic rings. The molecule has 0 bridgehead atoms. The maximum atomic E-state index is 11.6. The van der Waals surface area contributed by atoms with Gasteiger partial charge in [-0.05, 0) is 6.42 Å². The fraction of sp³-hybridized carbons (Fsp3) is 0.857. The molecule has 164 valence electrons. The Morgan fingerprint density at radius 3 is 1.57 bits per heavy atom. The average molecular weight is 403 g/mol. The first-order chi connectivity index (χ1) is 13.4. The van der Waals surface area contributed by atoms with Gasteiger partial charge in [0.05, 0.1) is 6.61 Å². The van der Waals surface area contributed by atoms with Crippen LogP contribution in [-0.2, 0) is 19.1 Å². The summed E-state index contributed by atoms with van der Waals surface area (Å²) in [7, 11) is 0. The number of carbonyl (C=O) groups excluding carboxylic acids is 3. The smallest absolute Gasteiger partial charge is 0.385 e. The second-order valence-electron chi connectivity index (χ2n) is 7.32. The van der Waals surface area contributed by atoms with E-state index in [0.29, 0.717) is 6.42 Å². The summed E-state index contributed by atoms with van der Waals surface area (Å²) in [6.07, 6.45) is 12.0. The van der Waals surface area contributed by atoms with Gasteiger partial charge in [0.15, 0.2) is 6.10 Å². The normalized spacial score (nSPS) is 13.1. The number of rotatable bonds is 18. The highest BCUT2D eigenvalue weighted by Crippen LogP contribution is 2.13. The summed E-state index contributed by atoms with van der Waals surface area (Å²) in [5, 5.41) is 27.2. The SMILES string of the molecule is CCCCCCCCCCCCCCCC(O)C(=O)C(=O)OC(=O)C(O)CO. The van der Waals surface area contributed by atoms with Crippen LogP contribution in [0.1, 0.15) is 96.8 Å². The summed E-state index contributed by atoms with van der Waals surface area (Å²) < 4.78 is 4.11. The zero-order valence-electron chi connectivity index (χ0n) is 17.2. The lowest BCUT2D eigenvalue weighted by Gasteiger charge is -2.10. The molecule has 0 aromatic carbocycles. The van der Waals surface area contributed by atoms with E-state index in [0.717, 1.165) is 19.3 Å². The lowest BCUT2D eigenvalue weighted by molar-refractivity contribution is -0.172. The summed E-state index contributed by atoms with van der Waals surface area (Å²) in [5.41, 5.74) is 0. The topological polar surface area (TPSA) is 121 Å². The first-order valence-electron chi connectivity index (χ1n) is 10.7. The molecule has 0 aliphatic heterocycles. The number of hydrogen-bond acceptors (Lipinski definition) is 7. The van der Waals surface area contributed by atoms with Crippen molar-refractivity contribution in [3.05, 3.63) is 0 Å². The highest BCUT2D eigenvalue weighted by atomic mass is 16.6. The summed E-state index contributed by atoms with van der Waals surface area (Å²) in [6, 6.07) is 0. The second-order valence-corrected chi connectivity index (χ2v) is 7.32. The van der Waals surface area contributed by atoms with Gasteiger partial charge in [0, 0.05) is 0 Å². The first kappa shape index (κ1) is 26.7. The van der Waals surface area contributed by atoms with Crippen LogP contribution in [0.4, 0.5) is 0 Å². The summed E-state index contributed by atoms with van der Waals surface area (Å²) in [5.74, 6) is -4.13. The van der Waals surface area contributed by atoms with Crippen LogP contribution in [-0.4, -0.2) is 51.9 Å². The third kappa shape index (κ3) is 13.8. The number of ketones is 1. The van der Waals surface area contributed by atoms with Crippen LogP contribution in [0.3, 0.4) is 0 Å². The van der Waals surface area contributed by atoms with Crippen molar-refractivity contribution in [2.75, 3.05) is 6.61 Å². The van der Waals surface area contributed by atoms with Crippen LogP contribution in [0, 0.1) is 0 Å². The molecular formula is C21H38O7. The molecule has 0 radical (unpaired) electrons. The molecule has 2 unspecified atom stereocenters. The van der Waals surface area contributed by atoms with Gasteiger partial charge in [-0.25, -0.2) is 9.59 Å². The number of esters is 2. The predicted octanol–water partition coefficient (Wildman–Crippen LogP) is 2.82. The van der Waals surface area contributed by atoms with Gasteiger partial charge >= 0.3 is 11.9 Å². The monoisotopic (exact) mass is 402 g/mol. The number of aliphatic hydroxyl groups is 3. The van der Waals surface area contributed by atoms with Crippen LogP contribution < -0.4 is 0 Å². The van der Waals surface area contributed by atoms with Crippen molar-refractivity contribution in [2.24, 2.45) is 0 Å². The highest BCUT2D eigenvalue weighted by Gasteiger charge is 2.28. The molecule has 0 saturated heterocycles. The molecule has 0 rings (SSSR count). The van der Waals surface area contributed by atoms with Crippen molar-refractivity contribution < 1.29 is 34.4 Å². The molecule has 0 fully saturated rings. The molecule has 7 nitrogen and oxygen atoms in total. The van der Waals surface area contributed by atoms with E-state index in [1.54, 1.807) is 0 Å². The van der Waals surface area contributed by atoms with E-state index < -0.39 is 36.5 Å². The van der Waals surface area contributed by atoms with Crippen molar-refractivity contribution in [1.82, 2.24) is 0 Å². The van der Waals surface area contributed by atoms with Gasteiger partial charge in [0.25, 0.3) is 5.78 Å². The van der Waals surface area contributed by atoms with E-state index in [4.69, 9.17) is 10.2 Å². The van der Waals surface area contributed by atoms with E-state index in [-0.39, 0.29) is 6.42 Å². The fourth-order valence-electron chi connectivity index (χ4n) is 2.91. The van der Waals surface area contributed by atoms with Gasteiger partial charge in [0.2, 0.25) is 0 Å². The molecular weight excluding hydrogens is 364 g/mol. The van der Waals surface area contributed by atoms with Gasteiger partial charge in [-0.2, -0.15) is 0 Å². The van der Waals surface area contributed by atoms with Crippen molar-refractivity contribution in [2.45, 2.75) is 109 Å². The van der Waals surface area contributed by atoms with Gasteiger partial charge < -0.3 is 20.1 Å². The zero-order valence-corrected chi connectivity index (χ0v) is 17.2. The Morgan fingerprint density at radius 1 is 0.714 bits per heavy atom.